The second-order valence-electron chi connectivity index (χ2n) is 13.7. The highest BCUT2D eigenvalue weighted by Gasteiger charge is 2.23. The molecule has 224 valence electrons. The third-order valence-corrected chi connectivity index (χ3v) is 11.8. The smallest absolute Gasteiger partial charge is 0.136 e. The molecule has 1 nitrogen and oxygen atoms in total. The minimum Gasteiger partial charge on any atom is -0.456 e. The summed E-state index contributed by atoms with van der Waals surface area (Å²) in [6, 6.07) is 55.5. The fourth-order valence-corrected chi connectivity index (χ4v) is 9.26. The largest absolute Gasteiger partial charge is 0.456 e. The van der Waals surface area contributed by atoms with Gasteiger partial charge in [0, 0.05) is 10.8 Å². The Labute approximate surface area is 275 Å². The van der Waals surface area contributed by atoms with Crippen LogP contribution in [-0.4, -0.2) is 8.07 Å². The summed E-state index contributed by atoms with van der Waals surface area (Å²) in [5.74, 6) is 0. The first-order valence-electron chi connectivity index (χ1n) is 16.4. The fourth-order valence-electron chi connectivity index (χ4n) is 7.66. The van der Waals surface area contributed by atoms with Gasteiger partial charge in [-0.3, -0.25) is 0 Å². The fraction of sp³-hybridized carbons (Fsp3) is 0.0667. The molecule has 0 unspecified atom stereocenters. The summed E-state index contributed by atoms with van der Waals surface area (Å²) < 4.78 is 6.61. The molecule has 0 fully saturated rings. The van der Waals surface area contributed by atoms with Gasteiger partial charge in [0.05, 0.1) is 8.07 Å². The molecule has 9 rings (SSSR count). The summed E-state index contributed by atoms with van der Waals surface area (Å²) in [5, 5.41) is 11.4. The van der Waals surface area contributed by atoms with Gasteiger partial charge in [0.1, 0.15) is 11.2 Å². The summed E-state index contributed by atoms with van der Waals surface area (Å²) in [4.78, 5) is 0. The number of hydrogen-bond acceptors (Lipinski definition) is 1. The first kappa shape index (κ1) is 27.8. The number of furan rings is 1. The van der Waals surface area contributed by atoms with Crippen LogP contribution in [0.15, 0.2) is 156 Å². The molecule has 0 aliphatic rings. The van der Waals surface area contributed by atoms with Crippen molar-refractivity contribution in [2.45, 2.75) is 19.6 Å². The number of hydrogen-bond donors (Lipinski definition) is 0. The highest BCUT2D eigenvalue weighted by atomic mass is 28.3. The summed E-state index contributed by atoms with van der Waals surface area (Å²) in [7, 11) is -1.58. The van der Waals surface area contributed by atoms with Crippen LogP contribution < -0.4 is 5.19 Å². The lowest BCUT2D eigenvalue weighted by molar-refractivity contribution is 0.669. The maximum atomic E-state index is 6.61. The van der Waals surface area contributed by atoms with Gasteiger partial charge in [0.2, 0.25) is 0 Å². The number of rotatable bonds is 4. The highest BCUT2D eigenvalue weighted by molar-refractivity contribution is 6.90. The Hall–Kier alpha value is -5.44. The van der Waals surface area contributed by atoms with Crippen LogP contribution in [0.3, 0.4) is 0 Å². The Bertz CT molecular complexity index is 2650. The predicted molar refractivity (Wildman–Crippen MR) is 206 cm³/mol. The van der Waals surface area contributed by atoms with Crippen molar-refractivity contribution in [3.05, 3.63) is 152 Å². The van der Waals surface area contributed by atoms with E-state index in [0.717, 1.165) is 11.2 Å². The van der Waals surface area contributed by atoms with Gasteiger partial charge >= 0.3 is 0 Å². The van der Waals surface area contributed by atoms with Crippen molar-refractivity contribution in [1.82, 2.24) is 0 Å². The molecule has 8 aromatic carbocycles. The first-order valence-corrected chi connectivity index (χ1v) is 19.9. The van der Waals surface area contributed by atoms with Crippen LogP contribution in [0.5, 0.6) is 0 Å². The Balaban J connectivity index is 1.37. The molecule has 0 radical (unpaired) electrons. The number of fused-ring (bicyclic) bond motifs is 6. The van der Waals surface area contributed by atoms with Crippen molar-refractivity contribution in [1.29, 1.82) is 0 Å². The minimum absolute atomic E-state index is 0.944. The van der Waals surface area contributed by atoms with Crippen LogP contribution in [0.4, 0.5) is 0 Å². The highest BCUT2D eigenvalue weighted by Crippen LogP contribution is 2.46. The van der Waals surface area contributed by atoms with Gasteiger partial charge in [-0.15, -0.1) is 0 Å². The van der Waals surface area contributed by atoms with Crippen molar-refractivity contribution in [2.24, 2.45) is 0 Å². The van der Waals surface area contributed by atoms with Gasteiger partial charge in [-0.2, -0.15) is 0 Å². The third kappa shape index (κ3) is 4.44. The van der Waals surface area contributed by atoms with Gasteiger partial charge in [-0.1, -0.05) is 147 Å². The molecule has 0 aliphatic heterocycles. The molecule has 2 heteroatoms. The number of benzene rings is 8. The predicted octanol–water partition coefficient (Wildman–Crippen LogP) is 12.6. The van der Waals surface area contributed by atoms with Gasteiger partial charge in [0.15, 0.2) is 0 Å². The average molecular weight is 619 g/mol. The van der Waals surface area contributed by atoms with Crippen molar-refractivity contribution >= 4 is 67.5 Å². The van der Waals surface area contributed by atoms with E-state index in [9.17, 15) is 0 Å². The monoisotopic (exact) mass is 618 g/mol. The van der Waals surface area contributed by atoms with Crippen LogP contribution in [0.2, 0.25) is 19.6 Å². The summed E-state index contributed by atoms with van der Waals surface area (Å²) in [5.41, 5.74) is 9.30. The van der Waals surface area contributed by atoms with E-state index in [0.29, 0.717) is 0 Å². The zero-order valence-electron chi connectivity index (χ0n) is 26.8. The Morgan fingerprint density at radius 2 is 1.02 bits per heavy atom. The van der Waals surface area contributed by atoms with Crippen molar-refractivity contribution in [2.75, 3.05) is 0 Å². The summed E-state index contributed by atoms with van der Waals surface area (Å²) >= 11 is 0. The van der Waals surface area contributed by atoms with E-state index < -0.39 is 8.07 Å². The van der Waals surface area contributed by atoms with Crippen molar-refractivity contribution < 1.29 is 4.42 Å². The lowest BCUT2D eigenvalue weighted by atomic mass is 9.84. The Kier molecular flexibility index (Phi) is 6.25. The molecule has 0 aliphatic carbocycles. The van der Waals surface area contributed by atoms with Gasteiger partial charge < -0.3 is 4.42 Å². The molecule has 0 atom stereocenters. The van der Waals surface area contributed by atoms with Crippen LogP contribution in [0.1, 0.15) is 0 Å². The van der Waals surface area contributed by atoms with Crippen LogP contribution >= 0.6 is 0 Å². The molecular weight excluding hydrogens is 585 g/mol. The maximum absolute atomic E-state index is 6.61. The van der Waals surface area contributed by atoms with Gasteiger partial charge in [-0.25, -0.2) is 0 Å². The van der Waals surface area contributed by atoms with E-state index in [2.05, 4.69) is 171 Å². The zero-order chi connectivity index (χ0) is 31.7. The molecule has 0 amide bonds. The van der Waals surface area contributed by atoms with E-state index in [1.165, 1.54) is 81.7 Å². The first-order chi connectivity index (χ1) is 23.0. The molecule has 0 spiro atoms. The SMILES string of the molecule is C[Si](C)(C)c1cccc2oc3cc(-c4c5ccccc5c(-c5ccccc5)c5cc(-c6cccc7ccccc67)ccc45)ccc3c12. The molecule has 0 bridgehead atoms. The maximum Gasteiger partial charge on any atom is 0.136 e. The van der Waals surface area contributed by atoms with Gasteiger partial charge in [0.25, 0.3) is 0 Å². The Morgan fingerprint density at radius 1 is 0.404 bits per heavy atom. The summed E-state index contributed by atoms with van der Waals surface area (Å²) in [6.07, 6.45) is 0. The standard InChI is InChI=1S/C45H34OSi/c1-47(2,3)42-22-12-21-40-45(42)38-26-24-32(28-41(38)46-40)44-36-19-10-9-18-35(36)43(30-14-5-4-6-15-30)39-27-31(23-25-37(39)44)34-20-11-16-29-13-7-8-17-33(29)34/h4-28H,1-3H3. The van der Waals surface area contributed by atoms with E-state index in [4.69, 9.17) is 4.42 Å². The zero-order valence-corrected chi connectivity index (χ0v) is 27.8. The second kappa shape index (κ2) is 10.6. The normalized spacial score (nSPS) is 12.1. The van der Waals surface area contributed by atoms with Crippen LogP contribution in [0.25, 0.3) is 87.6 Å². The quantitative estimate of drug-likeness (QED) is 0.141. The second-order valence-corrected chi connectivity index (χ2v) is 18.7. The summed E-state index contributed by atoms with van der Waals surface area (Å²) in [6.45, 7) is 7.23. The lowest BCUT2D eigenvalue weighted by Crippen LogP contribution is -2.37. The van der Waals surface area contributed by atoms with E-state index in [1.807, 2.05) is 0 Å². The Morgan fingerprint density at radius 3 is 1.81 bits per heavy atom. The molecule has 9 aromatic rings. The lowest BCUT2D eigenvalue weighted by Gasteiger charge is -2.19. The van der Waals surface area contributed by atoms with Crippen LogP contribution in [0, 0.1) is 0 Å². The molecule has 1 heterocycles. The average Bonchev–Trinajstić information content (AvgIpc) is 3.48. The molecule has 0 saturated carbocycles. The van der Waals surface area contributed by atoms with Crippen molar-refractivity contribution in [3.63, 3.8) is 0 Å². The van der Waals surface area contributed by atoms with Crippen LogP contribution in [-0.2, 0) is 0 Å². The minimum atomic E-state index is -1.58. The van der Waals surface area contributed by atoms with E-state index >= 15 is 0 Å². The molecule has 0 N–H and O–H groups in total. The molecule has 47 heavy (non-hydrogen) atoms. The molecular formula is C45H34OSi. The molecule has 1 aromatic heterocycles. The van der Waals surface area contributed by atoms with Crippen molar-refractivity contribution in [3.8, 4) is 33.4 Å². The molecule has 0 saturated heterocycles. The topological polar surface area (TPSA) is 13.1 Å². The third-order valence-electron chi connectivity index (χ3n) is 9.78. The van der Waals surface area contributed by atoms with E-state index in [1.54, 1.807) is 0 Å². The van der Waals surface area contributed by atoms with Gasteiger partial charge in [-0.05, 0) is 95.2 Å². The van der Waals surface area contributed by atoms with E-state index in [-0.39, 0.29) is 0 Å².